The van der Waals surface area contributed by atoms with E-state index in [0.717, 1.165) is 6.42 Å². The van der Waals surface area contributed by atoms with Crippen molar-refractivity contribution in [3.05, 3.63) is 59.7 Å². The summed E-state index contributed by atoms with van der Waals surface area (Å²) in [5.74, 6) is -0.229. The fourth-order valence-electron chi connectivity index (χ4n) is 3.36. The van der Waals surface area contributed by atoms with Crippen LogP contribution in [0.4, 0.5) is 5.69 Å². The number of para-hydroxylation sites is 1. The number of likely N-dealkylation sites (N-methyl/N-ethyl adjacent to an activating group) is 1. The van der Waals surface area contributed by atoms with Crippen LogP contribution in [0.3, 0.4) is 0 Å². The highest BCUT2D eigenvalue weighted by molar-refractivity contribution is 6.09. The standard InChI is InChI=1S/C25H33N3O4/c1-6-17(4)22(25(31)28(7-2)8-3)27-24(30)20-11-9-10-12-21(20)26-23(29)18-13-15-19(32-5)16-14-18/h9-17,22H,6-8H2,1-5H3,(H,26,29)(H,27,30)/t17-,22-/m0/s1. The van der Waals surface area contributed by atoms with Crippen LogP contribution in [-0.2, 0) is 4.79 Å². The van der Waals surface area contributed by atoms with E-state index < -0.39 is 11.9 Å². The predicted molar refractivity (Wildman–Crippen MR) is 126 cm³/mol. The maximum Gasteiger partial charge on any atom is 0.255 e. The summed E-state index contributed by atoms with van der Waals surface area (Å²) in [6.07, 6.45) is 0.744. The smallest absolute Gasteiger partial charge is 0.255 e. The number of nitrogens with one attached hydrogen (secondary N) is 2. The Morgan fingerprint density at radius 3 is 2.12 bits per heavy atom. The highest BCUT2D eigenvalue weighted by atomic mass is 16.5. The molecule has 0 bridgehead atoms. The van der Waals surface area contributed by atoms with E-state index in [1.165, 1.54) is 0 Å². The molecule has 0 aliphatic heterocycles. The van der Waals surface area contributed by atoms with Crippen molar-refractivity contribution in [2.24, 2.45) is 5.92 Å². The van der Waals surface area contributed by atoms with E-state index in [9.17, 15) is 14.4 Å². The zero-order valence-corrected chi connectivity index (χ0v) is 19.5. The van der Waals surface area contributed by atoms with Crippen molar-refractivity contribution in [3.63, 3.8) is 0 Å². The summed E-state index contributed by atoms with van der Waals surface area (Å²) in [6.45, 7) is 8.92. The molecule has 0 fully saturated rings. The summed E-state index contributed by atoms with van der Waals surface area (Å²) < 4.78 is 5.12. The maximum absolute atomic E-state index is 13.2. The van der Waals surface area contributed by atoms with Gasteiger partial charge in [-0.25, -0.2) is 0 Å². The molecule has 0 spiro atoms. The molecule has 0 aliphatic rings. The number of hydrogen-bond donors (Lipinski definition) is 2. The monoisotopic (exact) mass is 439 g/mol. The zero-order chi connectivity index (χ0) is 23.7. The van der Waals surface area contributed by atoms with E-state index in [-0.39, 0.29) is 17.7 Å². The molecular weight excluding hydrogens is 406 g/mol. The first kappa shape index (κ1) is 24.9. The number of nitrogens with zero attached hydrogens (tertiary/aromatic N) is 1. The number of ether oxygens (including phenoxy) is 1. The molecule has 7 nitrogen and oxygen atoms in total. The molecule has 2 aromatic rings. The van der Waals surface area contributed by atoms with Gasteiger partial charge in [-0.2, -0.15) is 0 Å². The van der Waals surface area contributed by atoms with Crippen LogP contribution in [0.5, 0.6) is 5.75 Å². The summed E-state index contributed by atoms with van der Waals surface area (Å²) in [5, 5.41) is 5.70. The van der Waals surface area contributed by atoms with Crippen molar-refractivity contribution in [2.45, 2.75) is 40.2 Å². The average Bonchev–Trinajstić information content (AvgIpc) is 2.82. The van der Waals surface area contributed by atoms with Gasteiger partial charge in [-0.15, -0.1) is 0 Å². The molecule has 2 aromatic carbocycles. The van der Waals surface area contributed by atoms with E-state index in [2.05, 4.69) is 10.6 Å². The zero-order valence-electron chi connectivity index (χ0n) is 19.5. The molecule has 172 valence electrons. The summed E-state index contributed by atoms with van der Waals surface area (Å²) in [5.41, 5.74) is 1.12. The minimum absolute atomic E-state index is 0.0342. The second-order valence-corrected chi connectivity index (χ2v) is 7.58. The van der Waals surface area contributed by atoms with Crippen molar-refractivity contribution in [3.8, 4) is 5.75 Å². The van der Waals surface area contributed by atoms with E-state index >= 15 is 0 Å². The number of anilines is 1. The van der Waals surface area contributed by atoms with Crippen molar-refractivity contribution >= 4 is 23.4 Å². The van der Waals surface area contributed by atoms with E-state index in [1.807, 2.05) is 27.7 Å². The van der Waals surface area contributed by atoms with Crippen molar-refractivity contribution in [1.82, 2.24) is 10.2 Å². The van der Waals surface area contributed by atoms with Crippen LogP contribution in [-0.4, -0.2) is 48.9 Å². The summed E-state index contributed by atoms with van der Waals surface area (Å²) in [7, 11) is 1.56. The molecule has 7 heteroatoms. The molecule has 0 heterocycles. The topological polar surface area (TPSA) is 87.7 Å². The maximum atomic E-state index is 13.2. The molecule has 2 rings (SSSR count). The van der Waals surface area contributed by atoms with Crippen LogP contribution in [0.25, 0.3) is 0 Å². The Morgan fingerprint density at radius 2 is 1.56 bits per heavy atom. The lowest BCUT2D eigenvalue weighted by Gasteiger charge is -2.29. The highest BCUT2D eigenvalue weighted by Gasteiger charge is 2.29. The molecule has 2 N–H and O–H groups in total. The van der Waals surface area contributed by atoms with Crippen LogP contribution in [0.1, 0.15) is 54.8 Å². The lowest BCUT2D eigenvalue weighted by atomic mass is 9.97. The number of benzene rings is 2. The molecule has 0 radical (unpaired) electrons. The van der Waals surface area contributed by atoms with Gasteiger partial charge in [0.05, 0.1) is 18.4 Å². The van der Waals surface area contributed by atoms with Gasteiger partial charge in [0, 0.05) is 18.7 Å². The van der Waals surface area contributed by atoms with Gasteiger partial charge in [0.15, 0.2) is 0 Å². The van der Waals surface area contributed by atoms with Crippen molar-refractivity contribution in [1.29, 1.82) is 0 Å². The number of rotatable bonds is 10. The average molecular weight is 440 g/mol. The second kappa shape index (κ2) is 11.9. The highest BCUT2D eigenvalue weighted by Crippen LogP contribution is 2.19. The normalized spacial score (nSPS) is 12.4. The van der Waals surface area contributed by atoms with Gasteiger partial charge in [0.2, 0.25) is 5.91 Å². The molecule has 32 heavy (non-hydrogen) atoms. The molecule has 0 unspecified atom stereocenters. The Kier molecular flexibility index (Phi) is 9.25. The van der Waals surface area contributed by atoms with E-state index in [0.29, 0.717) is 35.7 Å². The third-order valence-corrected chi connectivity index (χ3v) is 5.61. The molecule has 0 aromatic heterocycles. The van der Waals surface area contributed by atoms with Crippen molar-refractivity contribution in [2.75, 3.05) is 25.5 Å². The molecule has 0 saturated heterocycles. The Labute approximate surface area is 190 Å². The van der Waals surface area contributed by atoms with Crippen LogP contribution in [0.2, 0.25) is 0 Å². The first-order valence-electron chi connectivity index (χ1n) is 11.0. The van der Waals surface area contributed by atoms with Crippen LogP contribution >= 0.6 is 0 Å². The van der Waals surface area contributed by atoms with Gasteiger partial charge >= 0.3 is 0 Å². The van der Waals surface area contributed by atoms with Gasteiger partial charge in [-0.3, -0.25) is 14.4 Å². The van der Waals surface area contributed by atoms with Gasteiger partial charge in [-0.1, -0.05) is 32.4 Å². The molecular formula is C25H33N3O4. The summed E-state index contributed by atoms with van der Waals surface area (Å²) in [4.78, 5) is 40.6. The quantitative estimate of drug-likeness (QED) is 0.587. The van der Waals surface area contributed by atoms with Gasteiger partial charge in [0.1, 0.15) is 11.8 Å². The summed E-state index contributed by atoms with van der Waals surface area (Å²) >= 11 is 0. The lowest BCUT2D eigenvalue weighted by Crippen LogP contribution is -2.51. The molecule has 0 saturated carbocycles. The molecule has 2 atom stereocenters. The Balaban J connectivity index is 2.24. The van der Waals surface area contributed by atoms with Crippen LogP contribution in [0, 0.1) is 5.92 Å². The van der Waals surface area contributed by atoms with Gasteiger partial charge < -0.3 is 20.3 Å². The van der Waals surface area contributed by atoms with Crippen molar-refractivity contribution < 1.29 is 19.1 Å². The largest absolute Gasteiger partial charge is 0.497 e. The fourth-order valence-corrected chi connectivity index (χ4v) is 3.36. The van der Waals surface area contributed by atoms with E-state index in [1.54, 1.807) is 60.5 Å². The predicted octanol–water partition coefficient (Wildman–Crippen LogP) is 3.96. The summed E-state index contributed by atoms with van der Waals surface area (Å²) in [6, 6.07) is 12.8. The fraction of sp³-hybridized carbons (Fsp3) is 0.400. The first-order valence-corrected chi connectivity index (χ1v) is 11.0. The molecule has 3 amide bonds. The van der Waals surface area contributed by atoms with Crippen LogP contribution in [0.15, 0.2) is 48.5 Å². The van der Waals surface area contributed by atoms with Crippen LogP contribution < -0.4 is 15.4 Å². The van der Waals surface area contributed by atoms with E-state index in [4.69, 9.17) is 4.74 Å². The van der Waals surface area contributed by atoms with Gasteiger partial charge in [0.25, 0.3) is 11.8 Å². The number of methoxy groups -OCH3 is 1. The minimum Gasteiger partial charge on any atom is -0.497 e. The molecule has 0 aliphatic carbocycles. The number of carbonyl (C=O) groups is 3. The Morgan fingerprint density at radius 1 is 0.938 bits per heavy atom. The number of carbonyl (C=O) groups excluding carboxylic acids is 3. The number of hydrogen-bond acceptors (Lipinski definition) is 4. The second-order valence-electron chi connectivity index (χ2n) is 7.58. The lowest BCUT2D eigenvalue weighted by molar-refractivity contribution is -0.134. The third kappa shape index (κ3) is 6.09. The minimum atomic E-state index is -0.641. The third-order valence-electron chi connectivity index (χ3n) is 5.61. The first-order chi connectivity index (χ1) is 15.4. The SMILES string of the molecule is CC[C@H](C)[C@H](NC(=O)c1ccccc1NC(=O)c1ccc(OC)cc1)C(=O)N(CC)CC. The Hall–Kier alpha value is -3.35. The van der Waals surface area contributed by atoms with Gasteiger partial charge in [-0.05, 0) is 56.2 Å². The Bertz CT molecular complexity index is 923. The number of amides is 3.